The van der Waals surface area contributed by atoms with E-state index in [1.165, 1.54) is 0 Å². The van der Waals surface area contributed by atoms with Gasteiger partial charge >= 0.3 is 5.97 Å². The summed E-state index contributed by atoms with van der Waals surface area (Å²) in [7, 11) is 1.65. The van der Waals surface area contributed by atoms with Crippen molar-refractivity contribution >= 4 is 16.7 Å². The van der Waals surface area contributed by atoms with Crippen LogP contribution in [0.1, 0.15) is 24.0 Å². The van der Waals surface area contributed by atoms with Gasteiger partial charge in [-0.25, -0.2) is 0 Å². The molecule has 0 aliphatic heterocycles. The summed E-state index contributed by atoms with van der Waals surface area (Å²) in [6, 6.07) is 21.4. The summed E-state index contributed by atoms with van der Waals surface area (Å²) in [4.78, 5) is 12.3. The largest absolute Gasteiger partial charge is 0.497 e. The van der Waals surface area contributed by atoms with Crippen molar-refractivity contribution in [3.8, 4) is 17.6 Å². The molecule has 0 aliphatic rings. The van der Waals surface area contributed by atoms with Crippen molar-refractivity contribution in [2.24, 2.45) is 0 Å². The second-order valence-corrected chi connectivity index (χ2v) is 5.97. The standard InChI is InChI=1S/C23H20O3/c1-17(23(24)26-14-6-9-18-7-4-3-5-8-18)19-10-11-21-16-22(25-2)13-12-20(21)15-19/h3-5,7-8,10-13,15-17H,14H2,1-2H3. The van der Waals surface area contributed by atoms with E-state index in [1.807, 2.05) is 73.7 Å². The van der Waals surface area contributed by atoms with Crippen molar-refractivity contribution in [2.45, 2.75) is 12.8 Å². The fraction of sp³-hybridized carbons (Fsp3) is 0.174. The van der Waals surface area contributed by atoms with E-state index in [1.54, 1.807) is 7.11 Å². The van der Waals surface area contributed by atoms with Crippen molar-refractivity contribution in [3.63, 3.8) is 0 Å². The van der Waals surface area contributed by atoms with E-state index < -0.39 is 0 Å². The fourth-order valence-corrected chi connectivity index (χ4v) is 2.67. The Balaban J connectivity index is 1.64. The van der Waals surface area contributed by atoms with Gasteiger partial charge in [-0.2, -0.15) is 0 Å². The molecule has 0 saturated carbocycles. The van der Waals surface area contributed by atoms with Gasteiger partial charge in [0.2, 0.25) is 0 Å². The summed E-state index contributed by atoms with van der Waals surface area (Å²) in [5.74, 6) is 6.04. The number of hydrogen-bond donors (Lipinski definition) is 0. The van der Waals surface area contributed by atoms with E-state index in [-0.39, 0.29) is 18.5 Å². The highest BCUT2D eigenvalue weighted by atomic mass is 16.5. The molecule has 130 valence electrons. The van der Waals surface area contributed by atoms with Crippen molar-refractivity contribution in [3.05, 3.63) is 77.9 Å². The Morgan fingerprint density at radius 1 is 1.00 bits per heavy atom. The van der Waals surface area contributed by atoms with E-state index in [0.717, 1.165) is 27.6 Å². The first-order valence-corrected chi connectivity index (χ1v) is 8.45. The van der Waals surface area contributed by atoms with Gasteiger partial charge in [0.05, 0.1) is 13.0 Å². The van der Waals surface area contributed by atoms with Crippen molar-refractivity contribution in [1.29, 1.82) is 0 Å². The lowest BCUT2D eigenvalue weighted by Gasteiger charge is -2.12. The third-order valence-electron chi connectivity index (χ3n) is 4.22. The SMILES string of the molecule is COc1ccc2cc(C(C)C(=O)OCC#Cc3ccccc3)ccc2c1. The highest BCUT2D eigenvalue weighted by Gasteiger charge is 2.16. The summed E-state index contributed by atoms with van der Waals surface area (Å²) in [6.45, 7) is 1.93. The van der Waals surface area contributed by atoms with Crippen molar-refractivity contribution in [1.82, 2.24) is 0 Å². The van der Waals surface area contributed by atoms with Gasteiger partial charge in [0, 0.05) is 5.56 Å². The smallest absolute Gasteiger partial charge is 0.314 e. The number of ether oxygens (including phenoxy) is 2. The Morgan fingerprint density at radius 3 is 2.50 bits per heavy atom. The molecular weight excluding hydrogens is 324 g/mol. The quantitative estimate of drug-likeness (QED) is 0.515. The highest BCUT2D eigenvalue weighted by molar-refractivity contribution is 5.86. The number of hydrogen-bond acceptors (Lipinski definition) is 3. The first kappa shape index (κ1) is 17.6. The maximum absolute atomic E-state index is 12.3. The maximum Gasteiger partial charge on any atom is 0.314 e. The molecule has 0 radical (unpaired) electrons. The Bertz CT molecular complexity index is 965. The predicted octanol–water partition coefficient (Wildman–Crippen LogP) is 4.55. The van der Waals surface area contributed by atoms with Crippen LogP contribution in [0, 0.1) is 11.8 Å². The van der Waals surface area contributed by atoms with E-state index in [4.69, 9.17) is 9.47 Å². The van der Waals surface area contributed by atoms with Crippen molar-refractivity contribution in [2.75, 3.05) is 13.7 Å². The average Bonchev–Trinajstić information content (AvgIpc) is 2.70. The first-order valence-electron chi connectivity index (χ1n) is 8.45. The van der Waals surface area contributed by atoms with E-state index in [9.17, 15) is 4.79 Å². The van der Waals surface area contributed by atoms with Crippen LogP contribution in [0.4, 0.5) is 0 Å². The Morgan fingerprint density at radius 2 is 1.73 bits per heavy atom. The topological polar surface area (TPSA) is 35.5 Å². The number of fused-ring (bicyclic) bond motifs is 1. The molecule has 1 atom stereocenters. The molecule has 3 heteroatoms. The van der Waals surface area contributed by atoms with Crippen molar-refractivity contribution < 1.29 is 14.3 Å². The molecule has 3 aromatic carbocycles. The second kappa shape index (κ2) is 8.22. The molecule has 0 bridgehead atoms. The van der Waals surface area contributed by atoms with Crippen LogP contribution in [0.5, 0.6) is 5.75 Å². The van der Waals surface area contributed by atoms with Gasteiger partial charge in [0.15, 0.2) is 6.61 Å². The minimum absolute atomic E-state index is 0.0862. The third-order valence-corrected chi connectivity index (χ3v) is 4.22. The molecule has 0 heterocycles. The zero-order valence-corrected chi connectivity index (χ0v) is 14.9. The second-order valence-electron chi connectivity index (χ2n) is 5.97. The average molecular weight is 344 g/mol. The lowest BCUT2D eigenvalue weighted by molar-refractivity contribution is -0.143. The molecule has 0 N–H and O–H groups in total. The molecule has 0 aliphatic carbocycles. The van der Waals surface area contributed by atoms with Crippen LogP contribution in [-0.4, -0.2) is 19.7 Å². The van der Waals surface area contributed by atoms with Crippen LogP contribution >= 0.6 is 0 Å². The van der Waals surface area contributed by atoms with Crippen LogP contribution < -0.4 is 4.74 Å². The predicted molar refractivity (Wildman–Crippen MR) is 103 cm³/mol. The van der Waals surface area contributed by atoms with Gasteiger partial charge in [0.1, 0.15) is 5.75 Å². The van der Waals surface area contributed by atoms with Gasteiger partial charge in [-0.05, 0) is 47.5 Å². The number of carbonyl (C=O) groups excluding carboxylic acids is 1. The van der Waals surface area contributed by atoms with Gasteiger partial charge in [-0.3, -0.25) is 4.79 Å². The summed E-state index contributed by atoms with van der Waals surface area (Å²) >= 11 is 0. The molecule has 3 nitrogen and oxygen atoms in total. The molecule has 0 saturated heterocycles. The number of benzene rings is 3. The number of carbonyl (C=O) groups is 1. The Labute approximate surface area is 153 Å². The monoisotopic (exact) mass is 344 g/mol. The van der Waals surface area contributed by atoms with Gasteiger partial charge in [-0.1, -0.05) is 54.3 Å². The van der Waals surface area contributed by atoms with Crippen LogP contribution in [0.2, 0.25) is 0 Å². The van der Waals surface area contributed by atoms with Gasteiger partial charge in [0.25, 0.3) is 0 Å². The third kappa shape index (κ3) is 4.23. The van der Waals surface area contributed by atoms with E-state index in [0.29, 0.717) is 0 Å². The minimum Gasteiger partial charge on any atom is -0.497 e. The normalized spacial score (nSPS) is 11.3. The molecule has 3 rings (SSSR count). The molecule has 3 aromatic rings. The van der Waals surface area contributed by atoms with E-state index in [2.05, 4.69) is 11.8 Å². The van der Waals surface area contributed by atoms with Crippen LogP contribution in [0.3, 0.4) is 0 Å². The molecule has 0 spiro atoms. The van der Waals surface area contributed by atoms with Gasteiger partial charge in [-0.15, -0.1) is 0 Å². The summed E-state index contributed by atoms with van der Waals surface area (Å²) < 4.78 is 10.5. The summed E-state index contributed by atoms with van der Waals surface area (Å²) in [5.41, 5.74) is 1.82. The Kier molecular flexibility index (Phi) is 5.56. The van der Waals surface area contributed by atoms with Gasteiger partial charge < -0.3 is 9.47 Å². The van der Waals surface area contributed by atoms with Crippen LogP contribution in [-0.2, 0) is 9.53 Å². The first-order chi connectivity index (χ1) is 12.7. The number of methoxy groups -OCH3 is 1. The summed E-state index contributed by atoms with van der Waals surface area (Å²) in [6.07, 6.45) is 0. The summed E-state index contributed by atoms with van der Waals surface area (Å²) in [5, 5.41) is 2.13. The molecule has 1 unspecified atom stereocenters. The lowest BCUT2D eigenvalue weighted by Crippen LogP contribution is -2.13. The van der Waals surface area contributed by atoms with Crippen LogP contribution in [0.25, 0.3) is 10.8 Å². The van der Waals surface area contributed by atoms with E-state index >= 15 is 0 Å². The molecular formula is C23H20O3. The number of rotatable bonds is 4. The molecule has 26 heavy (non-hydrogen) atoms. The zero-order valence-electron chi connectivity index (χ0n) is 14.9. The highest BCUT2D eigenvalue weighted by Crippen LogP contribution is 2.25. The minimum atomic E-state index is -0.347. The molecule has 0 amide bonds. The lowest BCUT2D eigenvalue weighted by atomic mass is 9.98. The zero-order chi connectivity index (χ0) is 18.4. The fourth-order valence-electron chi connectivity index (χ4n) is 2.67. The Hall–Kier alpha value is -3.25. The maximum atomic E-state index is 12.3. The van der Waals surface area contributed by atoms with Crippen LogP contribution in [0.15, 0.2) is 66.7 Å². The molecule has 0 fully saturated rings. The number of esters is 1. The molecule has 0 aromatic heterocycles.